The third-order valence-electron chi connectivity index (χ3n) is 2.64. The molecule has 0 unspecified atom stereocenters. The molecule has 0 bridgehead atoms. The molecule has 19 heavy (non-hydrogen) atoms. The fourth-order valence-corrected chi connectivity index (χ4v) is 1.64. The van der Waals surface area contributed by atoms with E-state index in [0.717, 1.165) is 0 Å². The smallest absolute Gasteiger partial charge is 0.254 e. The minimum absolute atomic E-state index is 0.183. The molecule has 2 rings (SSSR count). The number of nitrogens with one attached hydrogen (secondary N) is 1. The topological polar surface area (TPSA) is 56.1 Å². The summed E-state index contributed by atoms with van der Waals surface area (Å²) in [5.74, 6) is -0.512. The lowest BCUT2D eigenvalue weighted by molar-refractivity contribution is 0.0951. The molecule has 0 spiro atoms. The van der Waals surface area contributed by atoms with E-state index < -0.39 is 5.82 Å². The number of amides is 1. The van der Waals surface area contributed by atoms with E-state index in [0.29, 0.717) is 11.1 Å². The number of hydrogen-bond donors (Lipinski definition) is 1. The normalized spacial score (nSPS) is 10.3. The van der Waals surface area contributed by atoms with Gasteiger partial charge in [0.2, 0.25) is 0 Å². The van der Waals surface area contributed by atoms with Crippen molar-refractivity contribution in [3.05, 3.63) is 47.5 Å². The number of methoxy groups -OCH3 is 1. The Morgan fingerprint density at radius 3 is 2.89 bits per heavy atom. The molecule has 1 heterocycles. The number of nitrogens with zero attached hydrogens (tertiary/aromatic N) is 2. The zero-order valence-electron chi connectivity index (χ0n) is 10.7. The maximum atomic E-state index is 13.5. The molecule has 0 radical (unpaired) electrons. The van der Waals surface area contributed by atoms with Gasteiger partial charge in [0.15, 0.2) is 11.6 Å². The number of aromatic nitrogens is 2. The van der Waals surface area contributed by atoms with E-state index in [4.69, 9.17) is 4.74 Å². The molecule has 6 heteroatoms. The maximum Gasteiger partial charge on any atom is 0.254 e. The zero-order valence-corrected chi connectivity index (χ0v) is 10.7. The second-order valence-electron chi connectivity index (χ2n) is 4.05. The van der Waals surface area contributed by atoms with Crippen molar-refractivity contribution in [3.8, 4) is 5.75 Å². The van der Waals surface area contributed by atoms with Gasteiger partial charge >= 0.3 is 0 Å². The fourth-order valence-electron chi connectivity index (χ4n) is 1.64. The summed E-state index contributed by atoms with van der Waals surface area (Å²) >= 11 is 0. The van der Waals surface area contributed by atoms with E-state index >= 15 is 0 Å². The molecule has 2 aromatic rings. The van der Waals surface area contributed by atoms with Crippen LogP contribution in [-0.2, 0) is 13.6 Å². The average molecular weight is 263 g/mol. The van der Waals surface area contributed by atoms with Crippen molar-refractivity contribution in [1.82, 2.24) is 15.1 Å². The Morgan fingerprint density at radius 2 is 2.32 bits per heavy atom. The number of hydrogen-bond acceptors (Lipinski definition) is 3. The summed E-state index contributed by atoms with van der Waals surface area (Å²) in [6.07, 6.45) is 3.09. The molecule has 1 aromatic heterocycles. The summed E-state index contributed by atoms with van der Waals surface area (Å²) in [4.78, 5) is 11.8. The standard InChI is InChI=1S/C13H14FN3O2/c1-17-8-10(7-16-17)13(18)15-6-9-3-4-12(19-2)11(14)5-9/h3-5,7-8H,6H2,1-2H3,(H,15,18). The Labute approximate surface area is 110 Å². The quantitative estimate of drug-likeness (QED) is 0.909. The Morgan fingerprint density at radius 1 is 1.53 bits per heavy atom. The molecule has 1 aromatic carbocycles. The van der Waals surface area contributed by atoms with Gasteiger partial charge in [-0.2, -0.15) is 5.10 Å². The summed E-state index contributed by atoms with van der Waals surface area (Å²) in [6.45, 7) is 0.245. The molecule has 0 aliphatic heterocycles. The van der Waals surface area contributed by atoms with Crippen LogP contribution in [0.3, 0.4) is 0 Å². The van der Waals surface area contributed by atoms with Crippen molar-refractivity contribution in [3.63, 3.8) is 0 Å². The van der Waals surface area contributed by atoms with Gasteiger partial charge in [0.05, 0.1) is 18.9 Å². The predicted molar refractivity (Wildman–Crippen MR) is 67.3 cm³/mol. The second-order valence-corrected chi connectivity index (χ2v) is 4.05. The third kappa shape index (κ3) is 3.09. The van der Waals surface area contributed by atoms with E-state index in [1.54, 1.807) is 24.0 Å². The first kappa shape index (κ1) is 13.1. The molecule has 0 saturated carbocycles. The van der Waals surface area contributed by atoms with Gasteiger partial charge in [-0.25, -0.2) is 4.39 Å². The molecular weight excluding hydrogens is 249 g/mol. The summed E-state index contributed by atoms with van der Waals surface area (Å²) in [5.41, 5.74) is 1.13. The largest absolute Gasteiger partial charge is 0.494 e. The van der Waals surface area contributed by atoms with Crippen molar-refractivity contribution in [2.75, 3.05) is 7.11 Å². The SMILES string of the molecule is COc1ccc(CNC(=O)c2cnn(C)c2)cc1F. The maximum absolute atomic E-state index is 13.5. The van der Waals surface area contributed by atoms with Crippen LogP contribution in [0.25, 0.3) is 0 Å². The van der Waals surface area contributed by atoms with Gasteiger partial charge in [-0.15, -0.1) is 0 Å². The lowest BCUT2D eigenvalue weighted by Gasteiger charge is -2.06. The highest BCUT2D eigenvalue weighted by molar-refractivity contribution is 5.93. The van der Waals surface area contributed by atoms with Crippen LogP contribution in [-0.4, -0.2) is 22.8 Å². The van der Waals surface area contributed by atoms with Crippen LogP contribution in [0, 0.1) is 5.82 Å². The van der Waals surface area contributed by atoms with Gasteiger partial charge in [0.25, 0.3) is 5.91 Å². The predicted octanol–water partition coefficient (Wildman–Crippen LogP) is 1.50. The summed E-state index contributed by atoms with van der Waals surface area (Å²) in [5, 5.41) is 6.60. The van der Waals surface area contributed by atoms with Crippen molar-refractivity contribution in [2.45, 2.75) is 6.54 Å². The fraction of sp³-hybridized carbons (Fsp3) is 0.231. The van der Waals surface area contributed by atoms with Gasteiger partial charge in [-0.3, -0.25) is 9.48 Å². The number of rotatable bonds is 4. The zero-order chi connectivity index (χ0) is 13.8. The molecule has 1 N–H and O–H groups in total. The van der Waals surface area contributed by atoms with Crippen LogP contribution in [0.15, 0.2) is 30.6 Å². The molecule has 100 valence electrons. The third-order valence-corrected chi connectivity index (χ3v) is 2.64. The number of ether oxygens (including phenoxy) is 1. The first-order valence-corrected chi connectivity index (χ1v) is 5.69. The van der Waals surface area contributed by atoms with Gasteiger partial charge in [0.1, 0.15) is 0 Å². The minimum Gasteiger partial charge on any atom is -0.494 e. The van der Waals surface area contributed by atoms with E-state index in [2.05, 4.69) is 10.4 Å². The van der Waals surface area contributed by atoms with Crippen LogP contribution < -0.4 is 10.1 Å². The van der Waals surface area contributed by atoms with E-state index in [1.165, 1.54) is 25.4 Å². The number of halogens is 1. The number of carbonyl (C=O) groups is 1. The Kier molecular flexibility index (Phi) is 3.79. The molecule has 1 amide bonds. The van der Waals surface area contributed by atoms with Crippen molar-refractivity contribution >= 4 is 5.91 Å². The molecule has 0 atom stereocenters. The van der Waals surface area contributed by atoms with Crippen LogP contribution in [0.1, 0.15) is 15.9 Å². The summed E-state index contributed by atoms with van der Waals surface area (Å²) < 4.78 is 19.8. The van der Waals surface area contributed by atoms with Crippen molar-refractivity contribution in [2.24, 2.45) is 7.05 Å². The lowest BCUT2D eigenvalue weighted by Crippen LogP contribution is -2.22. The van der Waals surface area contributed by atoms with Crippen LogP contribution in [0.2, 0.25) is 0 Å². The van der Waals surface area contributed by atoms with Crippen LogP contribution in [0.4, 0.5) is 4.39 Å². The Balaban J connectivity index is 1.99. The van der Waals surface area contributed by atoms with Crippen molar-refractivity contribution in [1.29, 1.82) is 0 Å². The van der Waals surface area contributed by atoms with E-state index in [1.807, 2.05) is 0 Å². The number of aryl methyl sites for hydroxylation is 1. The highest BCUT2D eigenvalue weighted by Crippen LogP contribution is 2.17. The molecule has 0 fully saturated rings. The molecule has 0 aliphatic rings. The molecule has 5 nitrogen and oxygen atoms in total. The van der Waals surface area contributed by atoms with E-state index in [-0.39, 0.29) is 18.2 Å². The molecule has 0 aliphatic carbocycles. The first-order valence-electron chi connectivity index (χ1n) is 5.69. The number of benzene rings is 1. The first-order chi connectivity index (χ1) is 9.10. The highest BCUT2D eigenvalue weighted by atomic mass is 19.1. The number of carbonyl (C=O) groups excluding carboxylic acids is 1. The summed E-state index contributed by atoms with van der Waals surface area (Å²) in [6, 6.07) is 4.56. The Hall–Kier alpha value is -2.37. The van der Waals surface area contributed by atoms with Gasteiger partial charge < -0.3 is 10.1 Å². The second kappa shape index (κ2) is 5.51. The van der Waals surface area contributed by atoms with Gasteiger partial charge in [-0.05, 0) is 17.7 Å². The van der Waals surface area contributed by atoms with E-state index in [9.17, 15) is 9.18 Å². The van der Waals surface area contributed by atoms with Gasteiger partial charge in [0, 0.05) is 19.8 Å². The Bertz CT molecular complexity index is 595. The molecular formula is C13H14FN3O2. The highest BCUT2D eigenvalue weighted by Gasteiger charge is 2.08. The monoisotopic (exact) mass is 263 g/mol. The van der Waals surface area contributed by atoms with Gasteiger partial charge in [-0.1, -0.05) is 6.07 Å². The average Bonchev–Trinajstić information content (AvgIpc) is 2.83. The lowest BCUT2D eigenvalue weighted by atomic mass is 10.2. The molecule has 0 saturated heterocycles. The van der Waals surface area contributed by atoms with Crippen LogP contribution in [0.5, 0.6) is 5.75 Å². The summed E-state index contributed by atoms with van der Waals surface area (Å²) in [7, 11) is 3.14. The van der Waals surface area contributed by atoms with Crippen molar-refractivity contribution < 1.29 is 13.9 Å². The van der Waals surface area contributed by atoms with Crippen LogP contribution >= 0.6 is 0 Å². The minimum atomic E-state index is -0.448.